The number of pyridine rings is 2. The summed E-state index contributed by atoms with van der Waals surface area (Å²) in [4.78, 5) is 24.3. The van der Waals surface area contributed by atoms with Crippen LogP contribution in [0.15, 0.2) is 83.9 Å². The van der Waals surface area contributed by atoms with E-state index in [4.69, 9.17) is 15.5 Å². The molecule has 2 aromatic carbocycles. The Balaban J connectivity index is 1.48. The molecule has 3 heterocycles. The lowest BCUT2D eigenvalue weighted by Gasteiger charge is -2.22. The molecule has 0 radical (unpaired) electrons. The number of nitrogens with zero attached hydrogens (tertiary/aromatic N) is 3. The maximum Gasteiger partial charge on any atom is 0.203 e. The lowest BCUT2D eigenvalue weighted by Crippen LogP contribution is -2.26. The number of ether oxygens (including phenoxy) is 1. The van der Waals surface area contributed by atoms with E-state index in [1.165, 1.54) is 35.9 Å². The predicted molar refractivity (Wildman–Crippen MR) is 165 cm³/mol. The van der Waals surface area contributed by atoms with E-state index in [0.717, 1.165) is 12.8 Å². The van der Waals surface area contributed by atoms with Crippen LogP contribution in [0.4, 0.5) is 16.0 Å². The quantitative estimate of drug-likeness (QED) is 0.220. The van der Waals surface area contributed by atoms with E-state index >= 15 is 0 Å². The number of carbonyl (C=O) groups is 1. The summed E-state index contributed by atoms with van der Waals surface area (Å²) < 4.78 is 46.6. The van der Waals surface area contributed by atoms with Crippen LogP contribution in [0.2, 0.25) is 0 Å². The zero-order chi connectivity index (χ0) is 30.6. The fraction of sp³-hybridized carbons (Fsp3) is 0.303. The Hall–Kier alpha value is -4.31. The molecule has 1 aliphatic rings. The third-order valence-corrected chi connectivity index (χ3v) is 8.77. The molecule has 1 aliphatic heterocycles. The van der Waals surface area contributed by atoms with Crippen LogP contribution in [0, 0.1) is 17.7 Å². The third kappa shape index (κ3) is 7.56. The molecule has 43 heavy (non-hydrogen) atoms. The molecule has 0 saturated carbocycles. The second kappa shape index (κ2) is 12.9. The molecule has 10 heteroatoms. The van der Waals surface area contributed by atoms with Crippen LogP contribution in [0.5, 0.6) is 5.75 Å². The first-order valence-electron chi connectivity index (χ1n) is 14.3. The van der Waals surface area contributed by atoms with Crippen molar-refractivity contribution in [2.24, 2.45) is 11.8 Å². The predicted octanol–water partition coefficient (Wildman–Crippen LogP) is 5.63. The SMILES string of the molecule is CC(C)COc1cc(F)cc(-c2ccc(C(=O)CS(=O)(=O)c3cccc(N)n3)c(N3CCC(Cc4ccccc4)C3)n2)c1. The van der Waals surface area contributed by atoms with Gasteiger partial charge in [-0.05, 0) is 66.6 Å². The average molecular weight is 603 g/mol. The van der Waals surface area contributed by atoms with Gasteiger partial charge < -0.3 is 15.4 Å². The molecule has 1 unspecified atom stereocenters. The number of Topliss-reactive ketones (excluding diaryl/α,β-unsaturated/α-hetero) is 1. The normalized spacial score (nSPS) is 15.2. The molecule has 1 saturated heterocycles. The van der Waals surface area contributed by atoms with Crippen LogP contribution < -0.4 is 15.4 Å². The fourth-order valence-electron chi connectivity index (χ4n) is 5.19. The van der Waals surface area contributed by atoms with Crippen LogP contribution in [-0.4, -0.2) is 49.6 Å². The number of benzene rings is 2. The third-order valence-electron chi connectivity index (χ3n) is 7.26. The molecule has 0 amide bonds. The summed E-state index contributed by atoms with van der Waals surface area (Å²) in [6.45, 7) is 5.73. The second-order valence-electron chi connectivity index (χ2n) is 11.3. The van der Waals surface area contributed by atoms with Gasteiger partial charge >= 0.3 is 0 Å². The zero-order valence-corrected chi connectivity index (χ0v) is 25.1. The van der Waals surface area contributed by atoms with Gasteiger partial charge in [-0.2, -0.15) is 0 Å². The van der Waals surface area contributed by atoms with Crippen molar-refractivity contribution in [1.82, 2.24) is 9.97 Å². The van der Waals surface area contributed by atoms with Crippen molar-refractivity contribution in [3.05, 3.63) is 95.8 Å². The maximum atomic E-state index is 14.6. The molecule has 0 spiro atoms. The number of aromatic nitrogens is 2. The van der Waals surface area contributed by atoms with Gasteiger partial charge in [-0.25, -0.2) is 22.8 Å². The van der Waals surface area contributed by atoms with E-state index in [-0.39, 0.29) is 22.3 Å². The number of ketones is 1. The van der Waals surface area contributed by atoms with Crippen molar-refractivity contribution in [3.63, 3.8) is 0 Å². The molecule has 8 nitrogen and oxygen atoms in total. The van der Waals surface area contributed by atoms with E-state index in [0.29, 0.717) is 48.4 Å². The van der Waals surface area contributed by atoms with Gasteiger partial charge in [-0.3, -0.25) is 4.79 Å². The van der Waals surface area contributed by atoms with Crippen molar-refractivity contribution in [3.8, 4) is 17.0 Å². The number of hydrogen-bond acceptors (Lipinski definition) is 8. The number of nitrogens with two attached hydrogens (primary N) is 1. The Morgan fingerprint density at radius 3 is 2.58 bits per heavy atom. The first-order valence-corrected chi connectivity index (χ1v) is 15.9. The van der Waals surface area contributed by atoms with E-state index < -0.39 is 27.2 Å². The van der Waals surface area contributed by atoms with Crippen molar-refractivity contribution in [2.45, 2.75) is 31.7 Å². The molecule has 4 aromatic rings. The first-order chi connectivity index (χ1) is 20.6. The summed E-state index contributed by atoms with van der Waals surface area (Å²) in [5.74, 6) is -0.463. The Labute approximate surface area is 251 Å². The highest BCUT2D eigenvalue weighted by atomic mass is 32.2. The minimum absolute atomic E-state index is 0.0496. The average Bonchev–Trinajstić information content (AvgIpc) is 3.44. The number of rotatable bonds is 11. The summed E-state index contributed by atoms with van der Waals surface area (Å²) >= 11 is 0. The largest absolute Gasteiger partial charge is 0.493 e. The van der Waals surface area contributed by atoms with E-state index in [1.807, 2.05) is 36.9 Å². The van der Waals surface area contributed by atoms with Gasteiger partial charge in [0.2, 0.25) is 9.84 Å². The second-order valence-corrected chi connectivity index (χ2v) is 13.3. The molecule has 0 bridgehead atoms. The van der Waals surface area contributed by atoms with Crippen LogP contribution >= 0.6 is 0 Å². The highest BCUT2D eigenvalue weighted by Crippen LogP contribution is 2.32. The summed E-state index contributed by atoms with van der Waals surface area (Å²) in [5, 5.41) is -0.259. The fourth-order valence-corrected chi connectivity index (χ4v) is 6.37. The topological polar surface area (TPSA) is 115 Å². The van der Waals surface area contributed by atoms with Gasteiger partial charge in [-0.1, -0.05) is 50.2 Å². The number of carbonyl (C=O) groups excluding carboxylic acids is 1. The maximum absolute atomic E-state index is 14.6. The van der Waals surface area contributed by atoms with Gasteiger partial charge in [0, 0.05) is 24.7 Å². The Morgan fingerprint density at radius 2 is 1.84 bits per heavy atom. The molecule has 0 aliphatic carbocycles. The Morgan fingerprint density at radius 1 is 1.05 bits per heavy atom. The van der Waals surface area contributed by atoms with Crippen LogP contribution in [0.1, 0.15) is 36.2 Å². The number of sulfone groups is 1. The molecule has 1 fully saturated rings. The van der Waals surface area contributed by atoms with Crippen LogP contribution in [-0.2, 0) is 16.3 Å². The lowest BCUT2D eigenvalue weighted by molar-refractivity contribution is 0.102. The monoisotopic (exact) mass is 602 g/mol. The highest BCUT2D eigenvalue weighted by Gasteiger charge is 2.30. The van der Waals surface area contributed by atoms with Crippen molar-refractivity contribution < 1.29 is 22.3 Å². The molecule has 2 N–H and O–H groups in total. The molecule has 224 valence electrons. The number of anilines is 2. The standard InChI is InChI=1S/C33H35FN4O4S/c1-22(2)20-42-27-17-25(16-26(34)18-27)29-12-11-28(30(39)21-43(40,41)32-10-6-9-31(35)37-32)33(36-29)38-14-13-24(19-38)15-23-7-4-3-5-8-23/h3-12,16-18,22,24H,13-15,19-21H2,1-2H3,(H2,35,37). The van der Waals surface area contributed by atoms with Crippen molar-refractivity contribution in [2.75, 3.05) is 36.1 Å². The summed E-state index contributed by atoms with van der Waals surface area (Å²) in [6, 6.07) is 22.1. The Bertz CT molecular complexity index is 1710. The van der Waals surface area contributed by atoms with Crippen LogP contribution in [0.25, 0.3) is 11.3 Å². The number of hydrogen-bond donors (Lipinski definition) is 1. The number of nitrogen functional groups attached to an aromatic ring is 1. The van der Waals surface area contributed by atoms with Gasteiger partial charge in [0.05, 0.1) is 17.9 Å². The molecular formula is C33H35FN4O4S. The van der Waals surface area contributed by atoms with E-state index in [1.54, 1.807) is 18.2 Å². The summed E-state index contributed by atoms with van der Waals surface area (Å²) in [5.41, 5.74) is 8.04. The minimum atomic E-state index is -4.06. The van der Waals surface area contributed by atoms with E-state index in [9.17, 15) is 17.6 Å². The Kier molecular flexibility index (Phi) is 9.05. The smallest absolute Gasteiger partial charge is 0.203 e. The van der Waals surface area contributed by atoms with E-state index in [2.05, 4.69) is 17.1 Å². The molecule has 2 aromatic heterocycles. The first kappa shape index (κ1) is 30.2. The zero-order valence-electron chi connectivity index (χ0n) is 24.2. The summed E-state index contributed by atoms with van der Waals surface area (Å²) in [6.07, 6.45) is 1.75. The van der Waals surface area contributed by atoms with Gasteiger partial charge in [0.1, 0.15) is 29.0 Å². The van der Waals surface area contributed by atoms with Crippen molar-refractivity contribution >= 4 is 27.3 Å². The molecule has 5 rings (SSSR count). The van der Waals surface area contributed by atoms with Gasteiger partial charge in [-0.15, -0.1) is 0 Å². The molecule has 1 atom stereocenters. The van der Waals surface area contributed by atoms with Crippen LogP contribution in [0.3, 0.4) is 0 Å². The van der Waals surface area contributed by atoms with Gasteiger partial charge in [0.25, 0.3) is 0 Å². The lowest BCUT2D eigenvalue weighted by atomic mass is 9.99. The van der Waals surface area contributed by atoms with Gasteiger partial charge in [0.15, 0.2) is 10.8 Å². The summed E-state index contributed by atoms with van der Waals surface area (Å²) in [7, 11) is -4.06. The molecular weight excluding hydrogens is 567 g/mol. The number of halogens is 1. The highest BCUT2D eigenvalue weighted by molar-refractivity contribution is 7.92. The minimum Gasteiger partial charge on any atom is -0.493 e. The van der Waals surface area contributed by atoms with Crippen molar-refractivity contribution in [1.29, 1.82) is 0 Å².